The Hall–Kier alpha value is -2.41. The van der Waals surface area contributed by atoms with Crippen LogP contribution in [0.2, 0.25) is 0 Å². The number of pyridine rings is 1. The number of aliphatic hydroxyl groups is 1. The fourth-order valence-corrected chi connectivity index (χ4v) is 3.99. The lowest BCUT2D eigenvalue weighted by molar-refractivity contribution is -0.0200. The number of likely N-dealkylation sites (tertiary alicyclic amines) is 1. The molecule has 2 N–H and O–H groups in total. The molecule has 1 fully saturated rings. The van der Waals surface area contributed by atoms with E-state index in [1.165, 1.54) is 4.90 Å². The third-order valence-electron chi connectivity index (χ3n) is 5.49. The molecular formula is C21H27FN2O4. The summed E-state index contributed by atoms with van der Waals surface area (Å²) in [7, 11) is 0. The van der Waals surface area contributed by atoms with Crippen molar-refractivity contribution in [1.82, 2.24) is 9.88 Å². The molecular weight excluding hydrogens is 363 g/mol. The molecule has 6 nitrogen and oxygen atoms in total. The van der Waals surface area contributed by atoms with E-state index in [1.807, 2.05) is 26.8 Å². The van der Waals surface area contributed by atoms with Crippen LogP contribution < -0.4 is 0 Å². The molecule has 0 bridgehead atoms. The quantitative estimate of drug-likeness (QED) is 0.806. The number of alkyl halides is 1. The molecule has 0 aromatic carbocycles. The average molecular weight is 390 g/mol. The summed E-state index contributed by atoms with van der Waals surface area (Å²) in [6.07, 6.45) is 0.707. The maximum Gasteiger partial charge on any atom is 0.407 e. The first-order valence-electron chi connectivity index (χ1n) is 9.41. The van der Waals surface area contributed by atoms with Gasteiger partial charge in [0.2, 0.25) is 0 Å². The lowest BCUT2D eigenvalue weighted by atomic mass is 9.74. The number of carboxylic acid groups (broad SMARTS) is 1. The number of piperidine rings is 1. The molecule has 0 aliphatic carbocycles. The van der Waals surface area contributed by atoms with Crippen LogP contribution >= 0.6 is 0 Å². The number of aliphatic hydroxyl groups excluding tert-OH is 1. The molecule has 1 aliphatic heterocycles. The van der Waals surface area contributed by atoms with Crippen molar-refractivity contribution in [3.05, 3.63) is 41.4 Å². The molecule has 1 amide bonds. The Labute approximate surface area is 164 Å². The maximum atomic E-state index is 16.0. The van der Waals surface area contributed by atoms with Crippen molar-refractivity contribution >= 4 is 6.09 Å². The van der Waals surface area contributed by atoms with Crippen LogP contribution in [0.5, 0.6) is 0 Å². The second-order valence-electron chi connectivity index (χ2n) is 8.59. The highest BCUT2D eigenvalue weighted by molar-refractivity contribution is 5.66. The van der Waals surface area contributed by atoms with Crippen molar-refractivity contribution in [2.75, 3.05) is 6.54 Å². The Morgan fingerprint density at radius 1 is 1.43 bits per heavy atom. The van der Waals surface area contributed by atoms with E-state index in [9.17, 15) is 9.90 Å². The molecule has 0 radical (unpaired) electrons. The summed E-state index contributed by atoms with van der Waals surface area (Å²) in [6.45, 7) is 7.54. The Bertz CT molecular complexity index is 874. The van der Waals surface area contributed by atoms with Gasteiger partial charge in [0.15, 0.2) is 5.67 Å². The molecule has 1 aliphatic rings. The van der Waals surface area contributed by atoms with Gasteiger partial charge in [0, 0.05) is 37.2 Å². The zero-order chi connectivity index (χ0) is 20.7. The van der Waals surface area contributed by atoms with Crippen molar-refractivity contribution < 1.29 is 23.8 Å². The minimum absolute atomic E-state index is 0.0748. The van der Waals surface area contributed by atoms with E-state index in [-0.39, 0.29) is 26.0 Å². The van der Waals surface area contributed by atoms with E-state index in [1.54, 1.807) is 25.3 Å². The Kier molecular flexibility index (Phi) is 5.23. The summed E-state index contributed by atoms with van der Waals surface area (Å²) >= 11 is 0. The van der Waals surface area contributed by atoms with Gasteiger partial charge in [0.25, 0.3) is 0 Å². The Morgan fingerprint density at radius 2 is 2.14 bits per heavy atom. The average Bonchev–Trinajstić information content (AvgIpc) is 3.09. The van der Waals surface area contributed by atoms with Gasteiger partial charge in [-0.05, 0) is 36.1 Å². The van der Waals surface area contributed by atoms with Gasteiger partial charge < -0.3 is 19.5 Å². The number of aromatic nitrogens is 1. The third-order valence-corrected chi connectivity index (χ3v) is 5.49. The lowest BCUT2D eigenvalue weighted by Crippen LogP contribution is -2.55. The second-order valence-corrected chi connectivity index (χ2v) is 8.59. The molecule has 3 rings (SSSR count). The first kappa shape index (κ1) is 20.3. The summed E-state index contributed by atoms with van der Waals surface area (Å²) in [6, 6.07) is 4.81. The highest BCUT2D eigenvalue weighted by atomic mass is 19.1. The Morgan fingerprint density at radius 3 is 2.68 bits per heavy atom. The summed E-state index contributed by atoms with van der Waals surface area (Å²) in [5, 5.41) is 18.7. The number of carbonyl (C=O) groups is 1. The van der Waals surface area contributed by atoms with Crippen molar-refractivity contribution in [2.45, 2.75) is 58.9 Å². The summed E-state index contributed by atoms with van der Waals surface area (Å²) in [5.41, 5.74) is -0.326. The maximum absolute atomic E-state index is 16.0. The predicted octanol–water partition coefficient (Wildman–Crippen LogP) is 4.50. The standard InChI is InChI=1S/C21H27FN2O4/c1-13-9-14(16-6-5-15(12-25)28-16)11-23-18(13)21(22)7-8-24(19(26)27)17(10-21)20(2,3)4/h5-6,9,11,17,25H,7-8,10,12H2,1-4H3,(H,26,27). The van der Waals surface area contributed by atoms with Gasteiger partial charge in [0.05, 0.1) is 5.69 Å². The molecule has 28 heavy (non-hydrogen) atoms. The van der Waals surface area contributed by atoms with Crippen LogP contribution in [0, 0.1) is 12.3 Å². The molecule has 2 unspecified atom stereocenters. The smallest absolute Gasteiger partial charge is 0.407 e. The molecule has 1 saturated heterocycles. The first-order valence-corrected chi connectivity index (χ1v) is 9.41. The van der Waals surface area contributed by atoms with Crippen molar-refractivity contribution in [2.24, 2.45) is 5.41 Å². The molecule has 2 aromatic rings. The number of amides is 1. The zero-order valence-electron chi connectivity index (χ0n) is 16.7. The van der Waals surface area contributed by atoms with E-state index >= 15 is 4.39 Å². The van der Waals surface area contributed by atoms with Crippen molar-refractivity contribution in [3.8, 4) is 11.3 Å². The van der Waals surface area contributed by atoms with E-state index < -0.39 is 23.2 Å². The molecule has 152 valence electrons. The van der Waals surface area contributed by atoms with Gasteiger partial charge in [-0.3, -0.25) is 4.98 Å². The van der Waals surface area contributed by atoms with Crippen LogP contribution in [0.15, 0.2) is 28.8 Å². The molecule has 0 spiro atoms. The Balaban J connectivity index is 1.92. The number of halogens is 1. The fourth-order valence-electron chi connectivity index (χ4n) is 3.99. The minimum Gasteiger partial charge on any atom is -0.465 e. The van der Waals surface area contributed by atoms with Crippen molar-refractivity contribution in [3.63, 3.8) is 0 Å². The molecule has 2 atom stereocenters. The van der Waals surface area contributed by atoms with Crippen LogP contribution in [-0.4, -0.2) is 38.8 Å². The number of aryl methyl sites for hydroxylation is 1. The monoisotopic (exact) mass is 390 g/mol. The summed E-state index contributed by atoms with van der Waals surface area (Å²) < 4.78 is 21.6. The lowest BCUT2D eigenvalue weighted by Gasteiger charge is -2.47. The van der Waals surface area contributed by atoms with Gasteiger partial charge in [-0.25, -0.2) is 9.18 Å². The molecule has 2 aromatic heterocycles. The third kappa shape index (κ3) is 3.76. The second kappa shape index (κ2) is 7.20. The minimum atomic E-state index is -1.69. The first-order chi connectivity index (χ1) is 13.0. The zero-order valence-corrected chi connectivity index (χ0v) is 16.7. The largest absolute Gasteiger partial charge is 0.465 e. The highest BCUT2D eigenvalue weighted by Crippen LogP contribution is 2.45. The van der Waals surface area contributed by atoms with E-state index in [0.29, 0.717) is 28.3 Å². The van der Waals surface area contributed by atoms with Crippen LogP contribution in [0.25, 0.3) is 11.3 Å². The van der Waals surface area contributed by atoms with Crippen LogP contribution in [0.4, 0.5) is 9.18 Å². The van der Waals surface area contributed by atoms with Crippen LogP contribution in [-0.2, 0) is 12.3 Å². The summed E-state index contributed by atoms with van der Waals surface area (Å²) in [4.78, 5) is 17.4. The predicted molar refractivity (Wildman–Crippen MR) is 103 cm³/mol. The number of hydrogen-bond acceptors (Lipinski definition) is 4. The van der Waals surface area contributed by atoms with E-state index in [4.69, 9.17) is 9.52 Å². The van der Waals surface area contributed by atoms with Gasteiger partial charge in [-0.15, -0.1) is 0 Å². The normalized spacial score (nSPS) is 23.1. The molecule has 3 heterocycles. The van der Waals surface area contributed by atoms with E-state index in [0.717, 1.165) is 0 Å². The number of furan rings is 1. The number of nitrogens with zero attached hydrogens (tertiary/aromatic N) is 2. The number of hydrogen-bond donors (Lipinski definition) is 2. The summed E-state index contributed by atoms with van der Waals surface area (Å²) in [5.74, 6) is 1.01. The van der Waals surface area contributed by atoms with Gasteiger partial charge in [-0.2, -0.15) is 0 Å². The van der Waals surface area contributed by atoms with Crippen LogP contribution in [0.3, 0.4) is 0 Å². The number of rotatable bonds is 3. The van der Waals surface area contributed by atoms with Crippen molar-refractivity contribution in [1.29, 1.82) is 0 Å². The topological polar surface area (TPSA) is 86.8 Å². The SMILES string of the molecule is Cc1cc(-c2ccc(CO)o2)cnc1C1(F)CCN(C(=O)O)C(C(C)(C)C)C1. The van der Waals surface area contributed by atoms with Gasteiger partial charge in [-0.1, -0.05) is 20.8 Å². The fraction of sp³-hybridized carbons (Fsp3) is 0.524. The molecule has 7 heteroatoms. The van der Waals surface area contributed by atoms with Gasteiger partial charge in [0.1, 0.15) is 18.1 Å². The highest BCUT2D eigenvalue weighted by Gasteiger charge is 2.48. The molecule has 0 saturated carbocycles. The van der Waals surface area contributed by atoms with Gasteiger partial charge >= 0.3 is 6.09 Å². The van der Waals surface area contributed by atoms with Crippen LogP contribution in [0.1, 0.15) is 50.6 Å². The van der Waals surface area contributed by atoms with E-state index in [2.05, 4.69) is 4.98 Å².